The molecule has 2 rings (SSSR count). The van der Waals surface area contributed by atoms with Crippen LogP contribution in [0.1, 0.15) is 12.8 Å². The number of fused-ring (bicyclic) bond motifs is 1. The Kier molecular flexibility index (Phi) is 2.94. The zero-order chi connectivity index (χ0) is 10.7. The molecular weight excluding hydrogens is 198 g/mol. The lowest BCUT2D eigenvalue weighted by molar-refractivity contribution is 0.449. The van der Waals surface area contributed by atoms with E-state index in [0.29, 0.717) is 11.9 Å². The van der Waals surface area contributed by atoms with Crippen molar-refractivity contribution >= 4 is 11.0 Å². The van der Waals surface area contributed by atoms with Gasteiger partial charge in [0, 0.05) is 12.6 Å². The molecule has 0 fully saturated rings. The zero-order valence-corrected chi connectivity index (χ0v) is 8.29. The average Bonchev–Trinajstić information content (AvgIpc) is 2.61. The van der Waals surface area contributed by atoms with Crippen molar-refractivity contribution in [2.24, 2.45) is 0 Å². The molecule has 0 aliphatic rings. The van der Waals surface area contributed by atoms with Gasteiger partial charge in [0.15, 0.2) is 0 Å². The van der Waals surface area contributed by atoms with Crippen LogP contribution in [0.2, 0.25) is 0 Å². The number of imidazole rings is 1. The monoisotopic (exact) mass is 210 g/mol. The maximum atomic E-state index is 12.9. The molecule has 2 aromatic rings. The minimum atomic E-state index is -0.290. The van der Waals surface area contributed by atoms with Crippen LogP contribution in [0.4, 0.5) is 8.78 Å². The molecule has 15 heavy (non-hydrogen) atoms. The Bertz CT molecular complexity index is 451. The molecule has 4 heteroatoms. The Morgan fingerprint density at radius 2 is 2.13 bits per heavy atom. The highest BCUT2D eigenvalue weighted by Gasteiger charge is 2.02. The number of benzene rings is 1. The predicted octanol–water partition coefficient (Wildman–Crippen LogP) is 2.93. The van der Waals surface area contributed by atoms with Crippen molar-refractivity contribution < 1.29 is 8.78 Å². The van der Waals surface area contributed by atoms with Gasteiger partial charge in [-0.05, 0) is 25.0 Å². The number of halogens is 2. The summed E-state index contributed by atoms with van der Waals surface area (Å²) in [7, 11) is 0. The van der Waals surface area contributed by atoms with Crippen molar-refractivity contribution in [2.45, 2.75) is 19.4 Å². The van der Waals surface area contributed by atoms with Crippen LogP contribution in [0.15, 0.2) is 24.5 Å². The van der Waals surface area contributed by atoms with Gasteiger partial charge in [0.05, 0.1) is 24.0 Å². The predicted molar refractivity (Wildman–Crippen MR) is 54.9 cm³/mol. The summed E-state index contributed by atoms with van der Waals surface area (Å²) in [5.41, 5.74) is 1.55. The first-order valence-corrected chi connectivity index (χ1v) is 4.97. The van der Waals surface area contributed by atoms with Gasteiger partial charge in [-0.1, -0.05) is 0 Å². The van der Waals surface area contributed by atoms with Crippen LogP contribution in [0, 0.1) is 5.82 Å². The van der Waals surface area contributed by atoms with Gasteiger partial charge >= 0.3 is 0 Å². The molecule has 0 atom stereocenters. The number of rotatable bonds is 4. The van der Waals surface area contributed by atoms with Gasteiger partial charge in [-0.25, -0.2) is 9.37 Å². The Morgan fingerprint density at radius 3 is 2.93 bits per heavy atom. The van der Waals surface area contributed by atoms with Crippen LogP contribution in [-0.2, 0) is 6.54 Å². The van der Waals surface area contributed by atoms with Gasteiger partial charge in [-0.2, -0.15) is 0 Å². The number of nitrogens with zero attached hydrogens (tertiary/aromatic N) is 2. The Morgan fingerprint density at radius 1 is 1.27 bits per heavy atom. The summed E-state index contributed by atoms with van der Waals surface area (Å²) in [4.78, 5) is 4.09. The molecule has 0 amide bonds. The van der Waals surface area contributed by atoms with E-state index < -0.39 is 0 Å². The molecule has 1 aromatic carbocycles. The minimum absolute atomic E-state index is 0.281. The maximum absolute atomic E-state index is 12.9. The molecule has 0 saturated heterocycles. The molecular formula is C11H12F2N2. The van der Waals surface area contributed by atoms with E-state index in [4.69, 9.17) is 0 Å². The largest absolute Gasteiger partial charge is 0.331 e. The third-order valence-electron chi connectivity index (χ3n) is 2.37. The molecule has 0 aliphatic carbocycles. The lowest BCUT2D eigenvalue weighted by atomic mass is 10.3. The van der Waals surface area contributed by atoms with E-state index in [1.54, 1.807) is 12.4 Å². The summed E-state index contributed by atoms with van der Waals surface area (Å²) in [6.07, 6.45) is 3.00. The quantitative estimate of drug-likeness (QED) is 0.709. The first-order valence-electron chi connectivity index (χ1n) is 4.97. The summed E-state index contributed by atoms with van der Waals surface area (Å²) in [6.45, 7) is 0.438. The molecule has 1 aromatic heterocycles. The highest BCUT2D eigenvalue weighted by atomic mass is 19.1. The molecule has 0 spiro atoms. The summed E-state index contributed by atoms with van der Waals surface area (Å²) < 4.78 is 26.7. The van der Waals surface area contributed by atoms with Crippen molar-refractivity contribution in [2.75, 3.05) is 6.67 Å². The molecule has 1 heterocycles. The van der Waals surface area contributed by atoms with Gasteiger partial charge in [-0.3, -0.25) is 4.39 Å². The number of unbranched alkanes of at least 4 members (excludes halogenated alkanes) is 1. The fraction of sp³-hybridized carbons (Fsp3) is 0.364. The smallest absolute Gasteiger partial charge is 0.125 e. The van der Waals surface area contributed by atoms with E-state index in [1.807, 2.05) is 4.57 Å². The van der Waals surface area contributed by atoms with Crippen LogP contribution >= 0.6 is 0 Å². The number of hydrogen-bond donors (Lipinski definition) is 0. The van der Waals surface area contributed by atoms with Crippen molar-refractivity contribution in [3.8, 4) is 0 Å². The van der Waals surface area contributed by atoms with Crippen molar-refractivity contribution in [1.82, 2.24) is 9.55 Å². The topological polar surface area (TPSA) is 17.8 Å². The normalized spacial score (nSPS) is 11.1. The standard InChI is InChI=1S/C11H12F2N2/c12-5-1-2-6-15-8-14-10-7-9(13)3-4-11(10)15/h3-4,7-8H,1-2,5-6H2. The molecule has 0 bridgehead atoms. The highest BCUT2D eigenvalue weighted by molar-refractivity contribution is 5.75. The van der Waals surface area contributed by atoms with Crippen molar-refractivity contribution in [3.63, 3.8) is 0 Å². The molecule has 0 saturated carbocycles. The van der Waals surface area contributed by atoms with Crippen LogP contribution < -0.4 is 0 Å². The molecule has 80 valence electrons. The van der Waals surface area contributed by atoms with Crippen molar-refractivity contribution in [3.05, 3.63) is 30.3 Å². The Labute approximate surface area is 86.5 Å². The van der Waals surface area contributed by atoms with E-state index in [9.17, 15) is 8.78 Å². The SMILES string of the molecule is FCCCCn1cnc2cc(F)ccc21. The second kappa shape index (κ2) is 4.38. The molecule has 0 N–H and O–H groups in total. The lowest BCUT2D eigenvalue weighted by Gasteiger charge is -2.02. The minimum Gasteiger partial charge on any atom is -0.331 e. The molecule has 2 nitrogen and oxygen atoms in total. The third kappa shape index (κ3) is 2.14. The van der Waals surface area contributed by atoms with Gasteiger partial charge in [0.25, 0.3) is 0 Å². The highest BCUT2D eigenvalue weighted by Crippen LogP contribution is 2.14. The van der Waals surface area contributed by atoms with E-state index >= 15 is 0 Å². The van der Waals surface area contributed by atoms with E-state index in [0.717, 1.165) is 18.5 Å². The van der Waals surface area contributed by atoms with Crippen molar-refractivity contribution in [1.29, 1.82) is 0 Å². The number of alkyl halides is 1. The maximum Gasteiger partial charge on any atom is 0.125 e. The number of aryl methyl sites for hydroxylation is 1. The van der Waals surface area contributed by atoms with E-state index in [-0.39, 0.29) is 12.5 Å². The molecule has 0 aliphatic heterocycles. The van der Waals surface area contributed by atoms with Gasteiger partial charge in [0.1, 0.15) is 5.82 Å². The van der Waals surface area contributed by atoms with Crippen LogP contribution in [0.5, 0.6) is 0 Å². The van der Waals surface area contributed by atoms with Gasteiger partial charge in [0.2, 0.25) is 0 Å². The number of aromatic nitrogens is 2. The Hall–Kier alpha value is -1.45. The second-order valence-electron chi connectivity index (χ2n) is 3.47. The van der Waals surface area contributed by atoms with Crippen LogP contribution in [0.25, 0.3) is 11.0 Å². The van der Waals surface area contributed by atoms with Gasteiger partial charge in [-0.15, -0.1) is 0 Å². The van der Waals surface area contributed by atoms with E-state index in [1.165, 1.54) is 12.1 Å². The fourth-order valence-electron chi connectivity index (χ4n) is 1.59. The lowest BCUT2D eigenvalue weighted by Crippen LogP contribution is -1.96. The van der Waals surface area contributed by atoms with Crippen LogP contribution in [0.3, 0.4) is 0 Å². The van der Waals surface area contributed by atoms with Crippen LogP contribution in [-0.4, -0.2) is 16.2 Å². The molecule has 0 radical (unpaired) electrons. The second-order valence-corrected chi connectivity index (χ2v) is 3.47. The number of hydrogen-bond acceptors (Lipinski definition) is 1. The summed E-state index contributed by atoms with van der Waals surface area (Å²) in [5.74, 6) is -0.281. The van der Waals surface area contributed by atoms with Gasteiger partial charge < -0.3 is 4.57 Å². The third-order valence-corrected chi connectivity index (χ3v) is 2.37. The Balaban J connectivity index is 2.21. The average molecular weight is 210 g/mol. The summed E-state index contributed by atoms with van der Waals surface area (Å²) >= 11 is 0. The van der Waals surface area contributed by atoms with E-state index in [2.05, 4.69) is 4.98 Å². The summed E-state index contributed by atoms with van der Waals surface area (Å²) in [6, 6.07) is 4.52. The first-order chi connectivity index (χ1) is 7.31. The first kappa shape index (κ1) is 10.1. The summed E-state index contributed by atoms with van der Waals surface area (Å²) in [5, 5.41) is 0. The molecule has 0 unspecified atom stereocenters. The fourth-order valence-corrected chi connectivity index (χ4v) is 1.59. The zero-order valence-electron chi connectivity index (χ0n) is 8.29.